The van der Waals surface area contributed by atoms with Crippen LogP contribution in [0.2, 0.25) is 0 Å². The molecule has 0 aliphatic rings. The molecule has 0 fully saturated rings. The summed E-state index contributed by atoms with van der Waals surface area (Å²) in [6, 6.07) is 26.9. The molecule has 0 radical (unpaired) electrons. The predicted octanol–water partition coefficient (Wildman–Crippen LogP) is 3.16. The Morgan fingerprint density at radius 2 is 1.32 bits per heavy atom. The van der Waals surface area contributed by atoms with Gasteiger partial charge in [-0.25, -0.2) is 0 Å². The number of rotatable bonds is 9. The van der Waals surface area contributed by atoms with Crippen molar-refractivity contribution in [3.8, 4) is 0 Å². The molecule has 0 heterocycles. The van der Waals surface area contributed by atoms with Gasteiger partial charge in [-0.05, 0) is 36.6 Å². The third kappa shape index (κ3) is 5.27. The minimum atomic E-state index is -1.29. The van der Waals surface area contributed by atoms with Crippen molar-refractivity contribution >= 4 is 22.6 Å². The first kappa shape index (κ1) is 22.4. The lowest BCUT2D eigenvalue weighted by Gasteiger charge is -2.31. The largest absolute Gasteiger partial charge is 0.368 e. The SMILES string of the molecule is CC(C(=O)N[C@H](CC[S@@](=O)c1ccccc1)C(N)=O)(c1ccccc1)c1ccccc1. The number of benzene rings is 3. The van der Waals surface area contributed by atoms with Crippen LogP contribution >= 0.6 is 0 Å². The van der Waals surface area contributed by atoms with Crippen molar-refractivity contribution in [3.05, 3.63) is 102 Å². The Balaban J connectivity index is 1.82. The van der Waals surface area contributed by atoms with Crippen LogP contribution in [-0.2, 0) is 25.8 Å². The molecule has 5 nitrogen and oxygen atoms in total. The van der Waals surface area contributed by atoms with Crippen LogP contribution in [0.15, 0.2) is 95.9 Å². The van der Waals surface area contributed by atoms with Crippen molar-refractivity contribution in [1.29, 1.82) is 0 Å². The van der Waals surface area contributed by atoms with E-state index in [1.807, 2.05) is 85.8 Å². The van der Waals surface area contributed by atoms with Crippen LogP contribution in [0, 0.1) is 0 Å². The van der Waals surface area contributed by atoms with Crippen molar-refractivity contribution in [2.75, 3.05) is 5.75 Å². The van der Waals surface area contributed by atoms with E-state index in [2.05, 4.69) is 5.32 Å². The van der Waals surface area contributed by atoms with Crippen molar-refractivity contribution < 1.29 is 13.8 Å². The molecule has 160 valence electrons. The van der Waals surface area contributed by atoms with E-state index in [1.54, 1.807) is 12.1 Å². The molecule has 3 aromatic rings. The highest BCUT2D eigenvalue weighted by Gasteiger charge is 2.38. The summed E-state index contributed by atoms with van der Waals surface area (Å²) in [7, 11) is -1.29. The van der Waals surface area contributed by atoms with Crippen LogP contribution in [-0.4, -0.2) is 27.8 Å². The molecule has 0 saturated carbocycles. The summed E-state index contributed by atoms with van der Waals surface area (Å²) in [4.78, 5) is 26.3. The van der Waals surface area contributed by atoms with Gasteiger partial charge < -0.3 is 11.1 Å². The zero-order chi connectivity index (χ0) is 22.3. The first-order valence-electron chi connectivity index (χ1n) is 10.1. The van der Waals surface area contributed by atoms with Gasteiger partial charge in [0.05, 0.1) is 16.2 Å². The molecule has 3 rings (SSSR count). The number of primary amides is 1. The summed E-state index contributed by atoms with van der Waals surface area (Å²) < 4.78 is 12.5. The van der Waals surface area contributed by atoms with E-state index in [1.165, 1.54) is 0 Å². The minimum Gasteiger partial charge on any atom is -0.368 e. The number of nitrogens with two attached hydrogens (primary N) is 1. The molecule has 0 unspecified atom stereocenters. The Morgan fingerprint density at radius 1 is 0.871 bits per heavy atom. The fourth-order valence-electron chi connectivity index (χ4n) is 3.47. The van der Waals surface area contributed by atoms with Gasteiger partial charge in [0.25, 0.3) is 0 Å². The van der Waals surface area contributed by atoms with Crippen LogP contribution < -0.4 is 11.1 Å². The molecule has 3 aromatic carbocycles. The lowest BCUT2D eigenvalue weighted by molar-refractivity contribution is -0.129. The van der Waals surface area contributed by atoms with E-state index < -0.39 is 28.2 Å². The van der Waals surface area contributed by atoms with E-state index in [4.69, 9.17) is 5.73 Å². The summed E-state index contributed by atoms with van der Waals surface area (Å²) in [6.45, 7) is 1.83. The van der Waals surface area contributed by atoms with Crippen molar-refractivity contribution in [2.45, 2.75) is 29.7 Å². The van der Waals surface area contributed by atoms with Gasteiger partial charge in [0.15, 0.2) is 0 Å². The maximum atomic E-state index is 13.5. The average Bonchev–Trinajstić information content (AvgIpc) is 2.82. The number of carbonyl (C=O) groups is 2. The Bertz CT molecular complexity index is 1000. The molecular weight excluding hydrogens is 408 g/mol. The second kappa shape index (κ2) is 10.2. The molecule has 0 aliphatic carbocycles. The third-order valence-electron chi connectivity index (χ3n) is 5.40. The molecule has 0 aliphatic heterocycles. The van der Waals surface area contributed by atoms with Crippen LogP contribution in [0.5, 0.6) is 0 Å². The van der Waals surface area contributed by atoms with Gasteiger partial charge >= 0.3 is 0 Å². The van der Waals surface area contributed by atoms with E-state index in [9.17, 15) is 13.8 Å². The number of hydrogen-bond acceptors (Lipinski definition) is 3. The van der Waals surface area contributed by atoms with E-state index in [0.717, 1.165) is 11.1 Å². The monoisotopic (exact) mass is 434 g/mol. The van der Waals surface area contributed by atoms with E-state index in [0.29, 0.717) is 4.90 Å². The molecule has 0 aromatic heterocycles. The van der Waals surface area contributed by atoms with Crippen LogP contribution in [0.1, 0.15) is 24.5 Å². The molecule has 2 atom stereocenters. The first-order chi connectivity index (χ1) is 14.9. The van der Waals surface area contributed by atoms with Gasteiger partial charge in [-0.3, -0.25) is 13.8 Å². The second-order valence-corrected chi connectivity index (χ2v) is 9.01. The lowest BCUT2D eigenvalue weighted by atomic mass is 9.75. The van der Waals surface area contributed by atoms with E-state index in [-0.39, 0.29) is 18.1 Å². The standard InChI is InChI=1S/C25H26N2O3S/c1-25(19-11-5-2-6-12-19,20-13-7-3-8-14-20)24(29)27-22(23(26)28)17-18-31(30)21-15-9-4-10-16-21/h2-16,22H,17-18H2,1H3,(H2,26,28)(H,27,29)/t22-,31-/m1/s1. The topological polar surface area (TPSA) is 89.3 Å². The van der Waals surface area contributed by atoms with Crippen LogP contribution in [0.3, 0.4) is 0 Å². The van der Waals surface area contributed by atoms with Crippen LogP contribution in [0.25, 0.3) is 0 Å². The fraction of sp³-hybridized carbons (Fsp3) is 0.200. The Kier molecular flexibility index (Phi) is 7.36. The highest BCUT2D eigenvalue weighted by Crippen LogP contribution is 2.32. The first-order valence-corrected chi connectivity index (χ1v) is 11.4. The Labute approximate surface area is 185 Å². The molecule has 0 saturated heterocycles. The highest BCUT2D eigenvalue weighted by atomic mass is 32.2. The van der Waals surface area contributed by atoms with Gasteiger partial charge in [-0.1, -0.05) is 78.9 Å². The predicted molar refractivity (Wildman–Crippen MR) is 123 cm³/mol. The Hall–Kier alpha value is -3.25. The molecule has 2 amide bonds. The molecule has 0 spiro atoms. The van der Waals surface area contributed by atoms with Gasteiger partial charge in [-0.15, -0.1) is 0 Å². The minimum absolute atomic E-state index is 0.183. The maximum Gasteiger partial charge on any atom is 0.240 e. The quantitative estimate of drug-likeness (QED) is 0.542. The summed E-state index contributed by atoms with van der Waals surface area (Å²) in [5.41, 5.74) is 6.16. The fourth-order valence-corrected chi connectivity index (χ4v) is 4.62. The highest BCUT2D eigenvalue weighted by molar-refractivity contribution is 7.85. The number of nitrogens with one attached hydrogen (secondary N) is 1. The molecule has 0 bridgehead atoms. The number of carbonyl (C=O) groups excluding carboxylic acids is 2. The molecule has 6 heteroatoms. The normalized spacial score (nSPS) is 13.2. The van der Waals surface area contributed by atoms with Gasteiger partial charge in [0.2, 0.25) is 11.8 Å². The van der Waals surface area contributed by atoms with Crippen molar-refractivity contribution in [3.63, 3.8) is 0 Å². The second-order valence-electron chi connectivity index (χ2n) is 7.44. The smallest absolute Gasteiger partial charge is 0.240 e. The lowest BCUT2D eigenvalue weighted by Crippen LogP contribution is -2.52. The number of amides is 2. The van der Waals surface area contributed by atoms with Crippen LogP contribution in [0.4, 0.5) is 0 Å². The average molecular weight is 435 g/mol. The van der Waals surface area contributed by atoms with Crippen molar-refractivity contribution in [1.82, 2.24) is 5.32 Å². The summed E-state index contributed by atoms with van der Waals surface area (Å²) in [5.74, 6) is -0.772. The summed E-state index contributed by atoms with van der Waals surface area (Å²) in [6.07, 6.45) is 0.183. The van der Waals surface area contributed by atoms with Gasteiger partial charge in [0, 0.05) is 10.6 Å². The molecule has 3 N–H and O–H groups in total. The summed E-state index contributed by atoms with van der Waals surface area (Å²) in [5, 5.41) is 2.81. The third-order valence-corrected chi connectivity index (χ3v) is 6.81. The van der Waals surface area contributed by atoms with Gasteiger partial charge in [-0.2, -0.15) is 0 Å². The van der Waals surface area contributed by atoms with E-state index >= 15 is 0 Å². The van der Waals surface area contributed by atoms with Gasteiger partial charge in [0.1, 0.15) is 6.04 Å². The maximum absolute atomic E-state index is 13.5. The summed E-state index contributed by atoms with van der Waals surface area (Å²) >= 11 is 0. The number of hydrogen-bond donors (Lipinski definition) is 2. The Morgan fingerprint density at radius 3 is 1.77 bits per heavy atom. The molecule has 31 heavy (non-hydrogen) atoms. The van der Waals surface area contributed by atoms with Crippen molar-refractivity contribution in [2.24, 2.45) is 5.73 Å². The zero-order valence-corrected chi connectivity index (χ0v) is 18.2. The molecular formula is C25H26N2O3S. The zero-order valence-electron chi connectivity index (χ0n) is 17.4.